The monoisotopic (exact) mass is 181 g/mol. The minimum Gasteiger partial charge on any atom is -0.606 e. The van der Waals surface area contributed by atoms with Crippen molar-refractivity contribution < 1.29 is 34.7 Å². The van der Waals surface area contributed by atoms with Crippen LogP contribution in [0.15, 0.2) is 35.9 Å². The Balaban J connectivity index is 0.00000144. The van der Waals surface area contributed by atoms with Gasteiger partial charge in [0, 0.05) is 0 Å². The molecule has 0 atom stereocenters. The standard InChI is InChI=1S/C10H8NO.Na/c11-7-10(8-12)6-9-4-2-1-3-5-9;/h1-5,12H,6H2;/q-1;+1. The van der Waals surface area contributed by atoms with Crippen molar-refractivity contribution in [1.82, 2.24) is 0 Å². The minimum atomic E-state index is 0. The van der Waals surface area contributed by atoms with Crippen LogP contribution in [0.2, 0.25) is 0 Å². The van der Waals surface area contributed by atoms with E-state index in [1.807, 2.05) is 42.7 Å². The number of aliphatic hydroxyl groups is 1. The van der Waals surface area contributed by atoms with Gasteiger partial charge in [0.25, 0.3) is 0 Å². The zero-order valence-electron chi connectivity index (χ0n) is 7.49. The van der Waals surface area contributed by atoms with E-state index >= 15 is 0 Å². The average Bonchev–Trinajstić information content (AvgIpc) is 2.16. The zero-order chi connectivity index (χ0) is 8.81. The van der Waals surface area contributed by atoms with Crippen LogP contribution in [0.1, 0.15) is 5.56 Å². The van der Waals surface area contributed by atoms with Crippen LogP contribution in [0.25, 0.3) is 0 Å². The molecule has 1 aromatic carbocycles. The molecule has 0 aromatic heterocycles. The Bertz CT molecular complexity index is 313. The molecule has 0 fully saturated rings. The predicted molar refractivity (Wildman–Crippen MR) is 45.1 cm³/mol. The van der Waals surface area contributed by atoms with Gasteiger partial charge >= 0.3 is 29.6 Å². The van der Waals surface area contributed by atoms with Crippen molar-refractivity contribution in [2.75, 3.05) is 0 Å². The SMILES string of the molecule is N#CC(=[C-]O)Cc1ccccc1.[Na+]. The summed E-state index contributed by atoms with van der Waals surface area (Å²) in [7, 11) is 0. The molecule has 0 saturated carbocycles. The van der Waals surface area contributed by atoms with E-state index in [1.54, 1.807) is 0 Å². The first-order valence-electron chi connectivity index (χ1n) is 3.57. The topological polar surface area (TPSA) is 44.0 Å². The van der Waals surface area contributed by atoms with Gasteiger partial charge in [-0.2, -0.15) is 0 Å². The minimum absolute atomic E-state index is 0. The number of nitrogens with zero attached hydrogens (tertiary/aromatic N) is 1. The molecule has 0 amide bonds. The summed E-state index contributed by atoms with van der Waals surface area (Å²) in [4.78, 5) is 0. The fourth-order valence-electron chi connectivity index (χ4n) is 0.904. The van der Waals surface area contributed by atoms with Crippen LogP contribution in [-0.2, 0) is 6.42 Å². The van der Waals surface area contributed by atoms with Crippen LogP contribution >= 0.6 is 0 Å². The van der Waals surface area contributed by atoms with Crippen LogP contribution in [0.4, 0.5) is 0 Å². The molecule has 0 aliphatic rings. The van der Waals surface area contributed by atoms with Crippen molar-refractivity contribution in [3.8, 4) is 6.07 Å². The number of benzene rings is 1. The van der Waals surface area contributed by atoms with E-state index in [4.69, 9.17) is 10.4 Å². The third kappa shape index (κ3) is 4.14. The van der Waals surface area contributed by atoms with Crippen LogP contribution in [0.3, 0.4) is 0 Å². The third-order valence-corrected chi connectivity index (χ3v) is 1.49. The van der Waals surface area contributed by atoms with Gasteiger partial charge in [-0.3, -0.25) is 0 Å². The summed E-state index contributed by atoms with van der Waals surface area (Å²) < 4.78 is 0. The molecule has 1 aromatic rings. The summed E-state index contributed by atoms with van der Waals surface area (Å²) >= 11 is 0. The van der Waals surface area contributed by atoms with E-state index in [9.17, 15) is 0 Å². The summed E-state index contributed by atoms with van der Waals surface area (Å²) in [6, 6.07) is 11.3. The van der Waals surface area contributed by atoms with Crippen molar-refractivity contribution >= 4 is 0 Å². The maximum atomic E-state index is 8.48. The molecule has 1 rings (SSSR count). The van der Waals surface area contributed by atoms with Crippen LogP contribution in [-0.4, -0.2) is 5.11 Å². The van der Waals surface area contributed by atoms with Gasteiger partial charge in [0.2, 0.25) is 0 Å². The third-order valence-electron chi connectivity index (χ3n) is 1.49. The number of hydrogen-bond donors (Lipinski definition) is 1. The molecule has 0 bridgehead atoms. The number of rotatable bonds is 2. The Morgan fingerprint density at radius 3 is 2.46 bits per heavy atom. The Morgan fingerprint density at radius 1 is 1.38 bits per heavy atom. The maximum Gasteiger partial charge on any atom is 1.00 e. The van der Waals surface area contributed by atoms with Crippen molar-refractivity contribution in [1.29, 1.82) is 5.26 Å². The maximum absolute atomic E-state index is 8.48. The molecule has 2 nitrogen and oxygen atoms in total. The molecule has 0 unspecified atom stereocenters. The van der Waals surface area contributed by atoms with E-state index in [1.165, 1.54) is 0 Å². The van der Waals surface area contributed by atoms with Crippen LogP contribution < -0.4 is 29.6 Å². The molecule has 3 heteroatoms. The number of allylic oxidation sites excluding steroid dienone is 1. The van der Waals surface area contributed by atoms with Gasteiger partial charge in [-0.05, 0) is 12.0 Å². The molecule has 0 aliphatic heterocycles. The van der Waals surface area contributed by atoms with Crippen molar-refractivity contribution in [2.45, 2.75) is 6.42 Å². The van der Waals surface area contributed by atoms with Gasteiger partial charge in [0.05, 0.1) is 0 Å². The molecule has 0 aliphatic carbocycles. The van der Waals surface area contributed by atoms with Crippen LogP contribution in [0.5, 0.6) is 0 Å². The molecular formula is C10H8NNaO. The van der Waals surface area contributed by atoms with Crippen molar-refractivity contribution in [3.63, 3.8) is 0 Å². The first-order valence-corrected chi connectivity index (χ1v) is 3.57. The fraction of sp³-hybridized carbons (Fsp3) is 0.100. The Morgan fingerprint density at radius 2 is 2.00 bits per heavy atom. The Kier molecular flexibility index (Phi) is 6.34. The van der Waals surface area contributed by atoms with Crippen molar-refractivity contribution in [2.24, 2.45) is 0 Å². The van der Waals surface area contributed by atoms with E-state index in [0.717, 1.165) is 5.56 Å². The number of nitriles is 1. The molecule has 0 saturated heterocycles. The second kappa shape index (κ2) is 6.73. The molecule has 13 heavy (non-hydrogen) atoms. The summed E-state index contributed by atoms with van der Waals surface area (Å²) in [5.74, 6) is 0. The average molecular weight is 181 g/mol. The van der Waals surface area contributed by atoms with Gasteiger partial charge in [0.1, 0.15) is 0 Å². The second-order valence-corrected chi connectivity index (χ2v) is 2.36. The van der Waals surface area contributed by atoms with Gasteiger partial charge in [0.15, 0.2) is 0 Å². The summed E-state index contributed by atoms with van der Waals surface area (Å²) in [6.07, 6.45) is 2.29. The number of aliphatic hydroxyl groups excluding tert-OH is 1. The second-order valence-electron chi connectivity index (χ2n) is 2.36. The molecule has 0 heterocycles. The molecule has 60 valence electrons. The summed E-state index contributed by atoms with van der Waals surface area (Å²) in [5, 5.41) is 17.0. The van der Waals surface area contributed by atoms with E-state index in [-0.39, 0.29) is 35.1 Å². The van der Waals surface area contributed by atoms with E-state index < -0.39 is 0 Å². The largest absolute Gasteiger partial charge is 1.00 e. The zero-order valence-corrected chi connectivity index (χ0v) is 9.49. The first kappa shape index (κ1) is 12.2. The molecule has 0 spiro atoms. The Labute approximate surface area is 99.8 Å². The predicted octanol–water partition coefficient (Wildman–Crippen LogP) is -0.998. The first-order chi connectivity index (χ1) is 5.86. The fourth-order valence-corrected chi connectivity index (χ4v) is 0.904. The molecular weight excluding hydrogens is 173 g/mol. The summed E-state index contributed by atoms with van der Waals surface area (Å²) in [5.41, 5.74) is 1.25. The van der Waals surface area contributed by atoms with E-state index in [2.05, 4.69) is 0 Å². The van der Waals surface area contributed by atoms with Crippen LogP contribution in [0, 0.1) is 17.6 Å². The normalized spacial score (nSPS) is 9.92. The van der Waals surface area contributed by atoms with Crippen molar-refractivity contribution in [3.05, 3.63) is 47.7 Å². The molecule has 1 N–H and O–H groups in total. The summed E-state index contributed by atoms with van der Waals surface area (Å²) in [6.45, 7) is 0. The quantitative estimate of drug-likeness (QED) is 0.275. The van der Waals surface area contributed by atoms with Gasteiger partial charge in [-0.15, -0.1) is 11.6 Å². The van der Waals surface area contributed by atoms with Gasteiger partial charge in [-0.1, -0.05) is 36.6 Å². The van der Waals surface area contributed by atoms with Gasteiger partial charge < -0.3 is 10.4 Å². The van der Waals surface area contributed by atoms with E-state index in [0.29, 0.717) is 6.42 Å². The smallest absolute Gasteiger partial charge is 0.606 e. The Hall–Kier alpha value is -0.750. The number of hydrogen-bond acceptors (Lipinski definition) is 2. The molecule has 0 radical (unpaired) electrons. The van der Waals surface area contributed by atoms with Gasteiger partial charge in [-0.25, -0.2) is 0 Å².